The summed E-state index contributed by atoms with van der Waals surface area (Å²) in [6, 6.07) is 10.8. The molecule has 1 aromatic heterocycles. The second kappa shape index (κ2) is 21.0. The summed E-state index contributed by atoms with van der Waals surface area (Å²) in [5.74, 6) is -0.00768. The first-order valence-corrected chi connectivity index (χ1v) is 25.2. The van der Waals surface area contributed by atoms with Gasteiger partial charge in [0.15, 0.2) is 0 Å². The maximum Gasteiger partial charge on any atom is 0.246 e. The van der Waals surface area contributed by atoms with Crippen LogP contribution in [0.25, 0.3) is 15.3 Å². The summed E-state index contributed by atoms with van der Waals surface area (Å²) in [5, 5.41) is 16.9. The van der Waals surface area contributed by atoms with Gasteiger partial charge in [0, 0.05) is 48.9 Å². The second-order valence-corrected chi connectivity index (χ2v) is 22.5. The Kier molecular flexibility index (Phi) is 15.7. The number of likely N-dealkylation sites (tertiary alicyclic amines) is 2. The largest absolute Gasteiger partial charge is 0.494 e. The topological polar surface area (TPSA) is 164 Å². The highest BCUT2D eigenvalue weighted by Gasteiger charge is 2.67. The molecule has 69 heavy (non-hydrogen) atoms. The predicted octanol–water partition coefficient (Wildman–Crippen LogP) is 8.61. The molecular formula is C53H67ClN6O8S. The summed E-state index contributed by atoms with van der Waals surface area (Å²) in [7, 11) is 0. The van der Waals surface area contributed by atoms with Crippen molar-refractivity contribution >= 4 is 52.3 Å². The molecule has 3 heterocycles. The fourth-order valence-electron chi connectivity index (χ4n) is 11.0. The number of nitrogens with zero attached hydrogens (tertiary/aromatic N) is 4. The minimum Gasteiger partial charge on any atom is -0.494 e. The van der Waals surface area contributed by atoms with Gasteiger partial charge in [-0.05, 0) is 73.9 Å². The van der Waals surface area contributed by atoms with E-state index in [4.69, 9.17) is 32.4 Å². The molecular weight excluding hydrogens is 916 g/mol. The third-order valence-electron chi connectivity index (χ3n) is 14.1. The van der Waals surface area contributed by atoms with E-state index in [-0.39, 0.29) is 72.2 Å². The number of rotatable bonds is 18. The number of β-amino-alcohol motifs (C(OH)–C–C–N with tert-alkyl or cyclic N) is 1. The number of unbranched alkanes of at least 4 members (excludes halogenated alkanes) is 2. The van der Waals surface area contributed by atoms with E-state index in [0.717, 1.165) is 40.3 Å². The van der Waals surface area contributed by atoms with E-state index in [2.05, 4.69) is 54.2 Å². The summed E-state index contributed by atoms with van der Waals surface area (Å²) in [6.45, 7) is 26.4. The van der Waals surface area contributed by atoms with Crippen molar-refractivity contribution < 1.29 is 38.5 Å². The molecule has 0 bridgehead atoms. The lowest BCUT2D eigenvalue weighted by atomic mass is 9.49. The molecule has 7 rings (SSSR count). The molecule has 3 fully saturated rings. The Hall–Kier alpha value is -5.27. The second-order valence-electron chi connectivity index (χ2n) is 21.2. The van der Waals surface area contributed by atoms with E-state index in [1.54, 1.807) is 29.5 Å². The summed E-state index contributed by atoms with van der Waals surface area (Å²) >= 11 is 7.88. The zero-order chi connectivity index (χ0) is 50.0. The van der Waals surface area contributed by atoms with Crippen LogP contribution in [0.1, 0.15) is 98.4 Å². The molecule has 2 aromatic carbocycles. The molecule has 2 aliphatic carbocycles. The molecule has 14 nitrogen and oxygen atoms in total. The average molecular weight is 984 g/mol. The van der Waals surface area contributed by atoms with E-state index in [0.29, 0.717) is 42.6 Å². The average Bonchev–Trinajstić information content (AvgIpc) is 4.00. The Morgan fingerprint density at radius 1 is 1.03 bits per heavy atom. The Balaban J connectivity index is 0.819. The lowest BCUT2D eigenvalue weighted by molar-refractivity contribution is -0.208. The number of hydrogen-bond acceptors (Lipinski definition) is 10. The van der Waals surface area contributed by atoms with Crippen LogP contribution in [0, 0.1) is 41.6 Å². The number of aromatic nitrogens is 1. The Bertz CT molecular complexity index is 2470. The van der Waals surface area contributed by atoms with Crippen molar-refractivity contribution in [3.8, 4) is 16.2 Å². The molecule has 16 heteroatoms. The van der Waals surface area contributed by atoms with Gasteiger partial charge >= 0.3 is 0 Å². The highest BCUT2D eigenvalue weighted by Crippen LogP contribution is 2.59. The van der Waals surface area contributed by atoms with Crippen LogP contribution in [0.5, 0.6) is 5.75 Å². The third-order valence-corrected chi connectivity index (χ3v) is 15.4. The highest BCUT2D eigenvalue weighted by atomic mass is 35.5. The molecule has 4 amide bonds. The molecule has 3 aromatic rings. The standard InChI is InChI=1S/C53H67ClN6O8S/c1-31(33-14-16-34(17-15-33)44-32(2)56-30-69-44)57-46(63)42-25-36(61)28-59(42)48(65)45(51(3,4)5)58-43(62)29-66-22-12-11-13-23-67-37-18-20-39-35(24-37)27-60(47(39)64)49-52(6,7)50(53(49,8)9)68-38-19-21-41(55-10)40(54)26-38/h14-21,24,26,30-31,35-36,39,42,45,49-50,61H,11-13,22-23,25,27-29H2,1-9H3,(H,57,63)(H,58,62)/t31-,35?,36+,39?,42-,45?,49?,50?/m0/s1. The molecule has 2 aliphatic heterocycles. The van der Waals surface area contributed by atoms with Crippen molar-refractivity contribution in [3.63, 3.8) is 0 Å². The van der Waals surface area contributed by atoms with Crippen molar-refractivity contribution in [1.29, 1.82) is 0 Å². The first kappa shape index (κ1) is 51.6. The molecule has 2 saturated heterocycles. The number of carbonyl (C=O) groups is 4. The van der Waals surface area contributed by atoms with Crippen LogP contribution in [0.2, 0.25) is 5.02 Å². The molecule has 370 valence electrons. The molecule has 3 N–H and O–H groups in total. The lowest BCUT2D eigenvalue weighted by Crippen LogP contribution is -2.75. The first-order chi connectivity index (χ1) is 32.6. The van der Waals surface area contributed by atoms with Crippen LogP contribution < -0.4 is 15.4 Å². The SMILES string of the molecule is [C-]#[N+]c1ccc(OC2C(C)(C)C(N3CC4C=C(OCCCCCOCC(=O)NC(C(=O)N5C[C@H](O)C[C@H]5C(=O)N[C@@H](C)c5ccc(-c6scnc6C)cc5)C(C)(C)C)C=CC4C3=O)C2(C)C)cc1Cl. The van der Waals surface area contributed by atoms with E-state index >= 15 is 0 Å². The number of aryl methyl sites for hydroxylation is 1. The Morgan fingerprint density at radius 3 is 2.39 bits per heavy atom. The van der Waals surface area contributed by atoms with Gasteiger partial charge in [-0.1, -0.05) is 96.5 Å². The summed E-state index contributed by atoms with van der Waals surface area (Å²) < 4.78 is 18.3. The summed E-state index contributed by atoms with van der Waals surface area (Å²) in [6.07, 6.45) is 7.25. The smallest absolute Gasteiger partial charge is 0.246 e. The van der Waals surface area contributed by atoms with Crippen LogP contribution in [-0.2, 0) is 28.7 Å². The van der Waals surface area contributed by atoms with E-state index in [1.165, 1.54) is 4.90 Å². The zero-order valence-corrected chi connectivity index (χ0v) is 42.8. The number of allylic oxidation sites excluding steroid dienone is 1. The highest BCUT2D eigenvalue weighted by molar-refractivity contribution is 7.13. The number of halogens is 1. The molecule has 3 unspecified atom stereocenters. The number of benzene rings is 2. The van der Waals surface area contributed by atoms with Gasteiger partial charge in [-0.2, -0.15) is 0 Å². The van der Waals surface area contributed by atoms with Crippen LogP contribution in [0.4, 0.5) is 5.69 Å². The molecule has 6 atom stereocenters. The normalized spacial score (nSPS) is 24.4. The number of nitrogens with one attached hydrogen (secondary N) is 2. The van der Waals surface area contributed by atoms with Gasteiger partial charge in [-0.3, -0.25) is 19.2 Å². The van der Waals surface area contributed by atoms with Gasteiger partial charge in [-0.25, -0.2) is 9.83 Å². The van der Waals surface area contributed by atoms with Crippen molar-refractivity contribution in [2.24, 2.45) is 28.1 Å². The number of aliphatic hydroxyl groups excluding tert-OH is 1. The number of ether oxygens (including phenoxy) is 3. The fraction of sp³-hybridized carbons (Fsp3) is 0.547. The minimum absolute atomic E-state index is 0.00246. The Labute approximate surface area is 415 Å². The number of hydrogen-bond donors (Lipinski definition) is 3. The number of fused-ring (bicyclic) bond motifs is 1. The van der Waals surface area contributed by atoms with Crippen molar-refractivity contribution in [3.05, 3.63) is 99.7 Å². The summed E-state index contributed by atoms with van der Waals surface area (Å²) in [5.41, 5.74) is 3.73. The van der Waals surface area contributed by atoms with Crippen molar-refractivity contribution in [2.45, 2.75) is 124 Å². The van der Waals surface area contributed by atoms with E-state index < -0.39 is 35.4 Å². The van der Waals surface area contributed by atoms with Gasteiger partial charge in [0.05, 0.1) is 52.3 Å². The van der Waals surface area contributed by atoms with Gasteiger partial charge in [0.2, 0.25) is 29.3 Å². The van der Waals surface area contributed by atoms with Crippen LogP contribution in [0.3, 0.4) is 0 Å². The van der Waals surface area contributed by atoms with Gasteiger partial charge < -0.3 is 39.8 Å². The van der Waals surface area contributed by atoms with Crippen LogP contribution in [0.15, 0.2) is 72.0 Å². The molecule has 4 aliphatic rings. The number of amides is 4. The number of thiazole rings is 1. The number of carbonyl (C=O) groups excluding carboxylic acids is 4. The Morgan fingerprint density at radius 2 is 1.74 bits per heavy atom. The van der Waals surface area contributed by atoms with Crippen LogP contribution >= 0.6 is 22.9 Å². The van der Waals surface area contributed by atoms with Crippen molar-refractivity contribution in [1.82, 2.24) is 25.4 Å². The lowest BCUT2D eigenvalue weighted by Gasteiger charge is -2.65. The molecule has 1 saturated carbocycles. The minimum atomic E-state index is -0.957. The number of aliphatic hydroxyl groups is 1. The van der Waals surface area contributed by atoms with Crippen molar-refractivity contribution in [2.75, 3.05) is 32.9 Å². The zero-order valence-electron chi connectivity index (χ0n) is 41.2. The van der Waals surface area contributed by atoms with E-state index in [9.17, 15) is 24.3 Å². The monoisotopic (exact) mass is 982 g/mol. The van der Waals surface area contributed by atoms with Gasteiger partial charge in [-0.15, -0.1) is 11.3 Å². The predicted molar refractivity (Wildman–Crippen MR) is 266 cm³/mol. The summed E-state index contributed by atoms with van der Waals surface area (Å²) in [4.78, 5) is 67.0. The molecule has 0 radical (unpaired) electrons. The quantitative estimate of drug-likeness (QED) is 0.0837. The maximum absolute atomic E-state index is 14.1. The van der Waals surface area contributed by atoms with Crippen LogP contribution in [-0.4, -0.2) is 107 Å². The third kappa shape index (κ3) is 11.2. The first-order valence-electron chi connectivity index (χ1n) is 23.9. The van der Waals surface area contributed by atoms with Gasteiger partial charge in [0.1, 0.15) is 36.3 Å². The van der Waals surface area contributed by atoms with Gasteiger partial charge in [0.25, 0.3) is 0 Å². The fourth-order valence-corrected chi connectivity index (χ4v) is 12.1. The molecule has 0 spiro atoms. The van der Waals surface area contributed by atoms with E-state index in [1.807, 2.05) is 81.4 Å². The maximum atomic E-state index is 14.1.